The minimum Gasteiger partial charge on any atom is -0.496 e. The number of aryl methyl sites for hydroxylation is 1. The first kappa shape index (κ1) is 15.3. The van der Waals surface area contributed by atoms with Crippen molar-refractivity contribution in [1.29, 1.82) is 0 Å². The zero-order valence-electron chi connectivity index (χ0n) is 12.6. The molecule has 0 saturated heterocycles. The number of aliphatic hydroxyl groups is 1. The third-order valence-electron chi connectivity index (χ3n) is 4.10. The summed E-state index contributed by atoms with van der Waals surface area (Å²) >= 11 is 0. The highest BCUT2D eigenvalue weighted by molar-refractivity contribution is 5.38. The van der Waals surface area contributed by atoms with E-state index in [1.165, 1.54) is 32.1 Å². The van der Waals surface area contributed by atoms with Crippen LogP contribution >= 0.6 is 0 Å². The summed E-state index contributed by atoms with van der Waals surface area (Å²) in [6, 6.07) is 5.85. The van der Waals surface area contributed by atoms with Gasteiger partial charge in [0.15, 0.2) is 0 Å². The monoisotopic (exact) mass is 278 g/mol. The largest absolute Gasteiger partial charge is 0.496 e. The van der Waals surface area contributed by atoms with Crippen molar-refractivity contribution in [2.24, 2.45) is 5.92 Å². The fourth-order valence-electron chi connectivity index (χ4n) is 2.90. The Labute approximate surface area is 121 Å². The van der Waals surface area contributed by atoms with Gasteiger partial charge < -0.3 is 14.6 Å². The topological polar surface area (TPSA) is 38.7 Å². The van der Waals surface area contributed by atoms with Gasteiger partial charge in [-0.1, -0.05) is 30.9 Å². The van der Waals surface area contributed by atoms with Gasteiger partial charge in [-0.15, -0.1) is 0 Å². The van der Waals surface area contributed by atoms with Gasteiger partial charge in [-0.3, -0.25) is 0 Å². The van der Waals surface area contributed by atoms with Crippen LogP contribution < -0.4 is 4.74 Å². The Bertz CT molecular complexity index is 411. The third-order valence-corrected chi connectivity index (χ3v) is 4.10. The SMILES string of the molecule is COc1ccc(C)cc1C(O)COCC1CCCCC1. The molecule has 1 unspecified atom stereocenters. The van der Waals surface area contributed by atoms with Crippen molar-refractivity contribution < 1.29 is 14.6 Å². The highest BCUT2D eigenvalue weighted by Gasteiger charge is 2.17. The maximum Gasteiger partial charge on any atom is 0.124 e. The lowest BCUT2D eigenvalue weighted by atomic mass is 9.90. The van der Waals surface area contributed by atoms with Crippen LogP contribution in [0.4, 0.5) is 0 Å². The first-order valence-corrected chi connectivity index (χ1v) is 7.61. The highest BCUT2D eigenvalue weighted by atomic mass is 16.5. The van der Waals surface area contributed by atoms with Crippen molar-refractivity contribution in [2.75, 3.05) is 20.3 Å². The Kier molecular flexibility index (Phi) is 5.86. The van der Waals surface area contributed by atoms with Crippen molar-refractivity contribution in [1.82, 2.24) is 0 Å². The van der Waals surface area contributed by atoms with E-state index in [1.54, 1.807) is 7.11 Å². The summed E-state index contributed by atoms with van der Waals surface area (Å²) in [6.45, 7) is 3.13. The minimum absolute atomic E-state index is 0.344. The average Bonchev–Trinajstić information content (AvgIpc) is 2.48. The molecular formula is C17H26O3. The van der Waals surface area contributed by atoms with Crippen LogP contribution in [-0.4, -0.2) is 25.4 Å². The normalized spacial score (nSPS) is 17.9. The van der Waals surface area contributed by atoms with Gasteiger partial charge in [0.2, 0.25) is 0 Å². The zero-order chi connectivity index (χ0) is 14.4. The van der Waals surface area contributed by atoms with Gasteiger partial charge in [0.1, 0.15) is 11.9 Å². The van der Waals surface area contributed by atoms with Crippen molar-refractivity contribution in [3.05, 3.63) is 29.3 Å². The molecular weight excluding hydrogens is 252 g/mol. The molecule has 1 aromatic rings. The fraction of sp³-hybridized carbons (Fsp3) is 0.647. The second kappa shape index (κ2) is 7.65. The third kappa shape index (κ3) is 4.22. The van der Waals surface area contributed by atoms with Gasteiger partial charge >= 0.3 is 0 Å². The number of benzene rings is 1. The first-order chi connectivity index (χ1) is 9.70. The van der Waals surface area contributed by atoms with Crippen molar-refractivity contribution in [3.63, 3.8) is 0 Å². The summed E-state index contributed by atoms with van der Waals surface area (Å²) in [4.78, 5) is 0. The number of hydrogen-bond acceptors (Lipinski definition) is 3. The summed E-state index contributed by atoms with van der Waals surface area (Å²) in [5, 5.41) is 10.3. The summed E-state index contributed by atoms with van der Waals surface area (Å²) in [5.74, 6) is 1.40. The molecule has 0 aromatic heterocycles. The minimum atomic E-state index is -0.617. The molecule has 2 rings (SSSR count). The number of rotatable bonds is 6. The van der Waals surface area contributed by atoms with E-state index in [0.717, 1.165) is 23.5 Å². The van der Waals surface area contributed by atoms with Crippen LogP contribution in [0.15, 0.2) is 18.2 Å². The number of ether oxygens (including phenoxy) is 2. The van der Waals surface area contributed by atoms with Crippen LogP contribution in [0.5, 0.6) is 5.75 Å². The zero-order valence-corrected chi connectivity index (χ0v) is 12.6. The maximum absolute atomic E-state index is 10.3. The van der Waals surface area contributed by atoms with Gasteiger partial charge in [0, 0.05) is 12.2 Å². The Morgan fingerprint density at radius 3 is 2.70 bits per heavy atom. The van der Waals surface area contributed by atoms with E-state index in [4.69, 9.17) is 9.47 Å². The molecule has 0 aliphatic heterocycles. The lowest BCUT2D eigenvalue weighted by molar-refractivity contribution is 0.0137. The second-order valence-corrected chi connectivity index (χ2v) is 5.80. The molecule has 0 heterocycles. The summed E-state index contributed by atoms with van der Waals surface area (Å²) in [5.41, 5.74) is 1.93. The molecule has 112 valence electrons. The van der Waals surface area contributed by atoms with E-state index in [1.807, 2.05) is 25.1 Å². The molecule has 20 heavy (non-hydrogen) atoms. The predicted octanol–water partition coefficient (Wildman–Crippen LogP) is 3.63. The number of aliphatic hydroxyl groups excluding tert-OH is 1. The fourth-order valence-corrected chi connectivity index (χ4v) is 2.90. The van der Waals surface area contributed by atoms with Gasteiger partial charge in [-0.2, -0.15) is 0 Å². The molecule has 0 radical (unpaired) electrons. The smallest absolute Gasteiger partial charge is 0.124 e. The number of hydrogen-bond donors (Lipinski definition) is 1. The highest BCUT2D eigenvalue weighted by Crippen LogP contribution is 2.27. The predicted molar refractivity (Wildman–Crippen MR) is 80.1 cm³/mol. The van der Waals surface area contributed by atoms with Crippen LogP contribution in [-0.2, 0) is 4.74 Å². The molecule has 3 heteroatoms. The summed E-state index contributed by atoms with van der Waals surface area (Å²) in [6.07, 6.45) is 5.92. The lowest BCUT2D eigenvalue weighted by Gasteiger charge is -2.22. The van der Waals surface area contributed by atoms with E-state index in [-0.39, 0.29) is 0 Å². The van der Waals surface area contributed by atoms with Gasteiger partial charge in [0.05, 0.1) is 13.7 Å². The molecule has 3 nitrogen and oxygen atoms in total. The van der Waals surface area contributed by atoms with Crippen LogP contribution in [0.1, 0.15) is 49.3 Å². The molecule has 0 bridgehead atoms. The molecule has 0 amide bonds. The molecule has 1 fully saturated rings. The van der Waals surface area contributed by atoms with E-state index in [2.05, 4.69) is 0 Å². The Morgan fingerprint density at radius 2 is 2.00 bits per heavy atom. The molecule has 1 atom stereocenters. The van der Waals surface area contributed by atoms with Crippen LogP contribution in [0.25, 0.3) is 0 Å². The quantitative estimate of drug-likeness (QED) is 0.863. The summed E-state index contributed by atoms with van der Waals surface area (Å²) in [7, 11) is 1.63. The summed E-state index contributed by atoms with van der Waals surface area (Å²) < 4.78 is 11.0. The van der Waals surface area contributed by atoms with Gasteiger partial charge in [-0.05, 0) is 37.8 Å². The van der Waals surface area contributed by atoms with Gasteiger partial charge in [-0.25, -0.2) is 0 Å². The van der Waals surface area contributed by atoms with E-state index >= 15 is 0 Å². The Morgan fingerprint density at radius 1 is 1.25 bits per heavy atom. The van der Waals surface area contributed by atoms with Crippen LogP contribution in [0.2, 0.25) is 0 Å². The van der Waals surface area contributed by atoms with Crippen molar-refractivity contribution >= 4 is 0 Å². The van der Waals surface area contributed by atoms with E-state index in [9.17, 15) is 5.11 Å². The maximum atomic E-state index is 10.3. The Hall–Kier alpha value is -1.06. The average molecular weight is 278 g/mol. The molecule has 1 aliphatic carbocycles. The second-order valence-electron chi connectivity index (χ2n) is 5.80. The van der Waals surface area contributed by atoms with E-state index < -0.39 is 6.10 Å². The lowest BCUT2D eigenvalue weighted by Crippen LogP contribution is -2.16. The van der Waals surface area contributed by atoms with Gasteiger partial charge in [0.25, 0.3) is 0 Å². The van der Waals surface area contributed by atoms with E-state index in [0.29, 0.717) is 12.5 Å². The van der Waals surface area contributed by atoms with Crippen molar-refractivity contribution in [2.45, 2.75) is 45.1 Å². The molecule has 1 N–H and O–H groups in total. The first-order valence-electron chi connectivity index (χ1n) is 7.61. The number of methoxy groups -OCH3 is 1. The van der Waals surface area contributed by atoms with Crippen molar-refractivity contribution in [3.8, 4) is 5.75 Å². The molecule has 1 aromatic carbocycles. The standard InChI is InChI=1S/C17H26O3/c1-13-8-9-17(19-2)15(10-13)16(18)12-20-11-14-6-4-3-5-7-14/h8-10,14,16,18H,3-7,11-12H2,1-2H3. The van der Waals surface area contributed by atoms with Crippen LogP contribution in [0.3, 0.4) is 0 Å². The Balaban J connectivity index is 1.84. The molecule has 1 saturated carbocycles. The molecule has 0 spiro atoms. The molecule has 1 aliphatic rings. The van der Waals surface area contributed by atoms with Crippen LogP contribution in [0, 0.1) is 12.8 Å².